The molecular formula is C22H23N3O5S. The summed E-state index contributed by atoms with van der Waals surface area (Å²) in [7, 11) is 0. The summed E-state index contributed by atoms with van der Waals surface area (Å²) in [5, 5.41) is 12.4. The molecule has 0 aliphatic rings. The highest BCUT2D eigenvalue weighted by molar-refractivity contribution is 7.98. The van der Waals surface area contributed by atoms with Crippen LogP contribution in [0.15, 0.2) is 64.2 Å². The van der Waals surface area contributed by atoms with Gasteiger partial charge in [-0.15, -0.1) is 0 Å². The van der Waals surface area contributed by atoms with Gasteiger partial charge in [-0.05, 0) is 36.1 Å². The van der Waals surface area contributed by atoms with Crippen molar-refractivity contribution >= 4 is 34.5 Å². The van der Waals surface area contributed by atoms with Gasteiger partial charge in [0, 0.05) is 6.42 Å². The Labute approximate surface area is 182 Å². The topological polar surface area (TPSA) is 121 Å². The largest absolute Gasteiger partial charge is 0.480 e. The van der Waals surface area contributed by atoms with Gasteiger partial charge in [0.25, 0.3) is 5.56 Å². The first-order valence-electron chi connectivity index (χ1n) is 9.72. The van der Waals surface area contributed by atoms with Crippen LogP contribution >= 0.6 is 11.8 Å². The van der Waals surface area contributed by atoms with Gasteiger partial charge in [-0.2, -0.15) is 11.8 Å². The second-order valence-electron chi connectivity index (χ2n) is 7.04. The maximum atomic E-state index is 13.1. The number of hydrogen-bond donors (Lipinski definition) is 3. The molecule has 2 aromatic carbocycles. The number of carbonyl (C=O) groups is 2. The molecule has 0 saturated heterocycles. The number of hydrogen-bond acceptors (Lipinski definition) is 5. The SMILES string of the molecule is CSCCC(C(=O)NC(Cc1ccccc1)C(=O)O)n1c(=O)[nH]c2ccccc2c1=O. The van der Waals surface area contributed by atoms with Crippen LogP contribution in [0.5, 0.6) is 0 Å². The standard InChI is InChI=1S/C22H23N3O5S/c1-31-12-11-18(25-20(27)15-9-5-6-10-16(15)24-22(25)30)19(26)23-17(21(28)29)13-14-7-3-2-4-8-14/h2-10,17-18H,11-13H2,1H3,(H,23,26)(H,24,30)(H,28,29). The van der Waals surface area contributed by atoms with Gasteiger partial charge in [-0.25, -0.2) is 14.2 Å². The first-order valence-corrected chi connectivity index (χ1v) is 11.1. The Balaban J connectivity index is 1.96. The van der Waals surface area contributed by atoms with Gasteiger partial charge in [0.05, 0.1) is 10.9 Å². The van der Waals surface area contributed by atoms with Crippen LogP contribution in [0.1, 0.15) is 18.0 Å². The number of carboxylic acids is 1. The molecule has 1 aromatic heterocycles. The van der Waals surface area contributed by atoms with Gasteiger partial charge in [-0.1, -0.05) is 42.5 Å². The van der Waals surface area contributed by atoms with Crippen molar-refractivity contribution in [2.24, 2.45) is 0 Å². The number of benzene rings is 2. The molecule has 0 aliphatic heterocycles. The lowest BCUT2D eigenvalue weighted by Gasteiger charge is -2.22. The van der Waals surface area contributed by atoms with E-state index in [9.17, 15) is 24.3 Å². The lowest BCUT2D eigenvalue weighted by Crippen LogP contribution is -2.49. The Morgan fingerprint density at radius 2 is 1.77 bits per heavy atom. The second-order valence-corrected chi connectivity index (χ2v) is 8.02. The van der Waals surface area contributed by atoms with Crippen molar-refractivity contribution in [1.29, 1.82) is 0 Å². The monoisotopic (exact) mass is 441 g/mol. The predicted molar refractivity (Wildman–Crippen MR) is 121 cm³/mol. The van der Waals surface area contributed by atoms with Crippen molar-refractivity contribution in [3.05, 3.63) is 81.0 Å². The third-order valence-corrected chi connectivity index (χ3v) is 5.59. The minimum Gasteiger partial charge on any atom is -0.480 e. The number of rotatable bonds is 9. The first-order chi connectivity index (χ1) is 14.9. The van der Waals surface area contributed by atoms with Gasteiger partial charge in [0.1, 0.15) is 12.1 Å². The molecule has 1 heterocycles. The number of fused-ring (bicyclic) bond motifs is 1. The van der Waals surface area contributed by atoms with Crippen LogP contribution in [-0.4, -0.2) is 44.6 Å². The summed E-state index contributed by atoms with van der Waals surface area (Å²) >= 11 is 1.46. The molecule has 0 spiro atoms. The van der Waals surface area contributed by atoms with Crippen LogP contribution < -0.4 is 16.6 Å². The number of para-hydroxylation sites is 1. The number of amides is 1. The summed E-state index contributed by atoms with van der Waals surface area (Å²) in [5.74, 6) is -1.37. The van der Waals surface area contributed by atoms with Crippen molar-refractivity contribution in [2.75, 3.05) is 12.0 Å². The van der Waals surface area contributed by atoms with Gasteiger partial charge >= 0.3 is 11.7 Å². The molecule has 3 rings (SSSR count). The van der Waals surface area contributed by atoms with E-state index >= 15 is 0 Å². The normalized spacial score (nSPS) is 12.9. The third kappa shape index (κ3) is 5.24. The average molecular weight is 442 g/mol. The third-order valence-electron chi connectivity index (χ3n) is 4.94. The molecule has 2 atom stereocenters. The number of aromatic amines is 1. The fourth-order valence-electron chi connectivity index (χ4n) is 3.38. The zero-order chi connectivity index (χ0) is 22.4. The van der Waals surface area contributed by atoms with Crippen molar-refractivity contribution < 1.29 is 14.7 Å². The number of nitrogens with one attached hydrogen (secondary N) is 2. The zero-order valence-electron chi connectivity index (χ0n) is 16.9. The fourth-order valence-corrected chi connectivity index (χ4v) is 3.84. The Hall–Kier alpha value is -3.33. The summed E-state index contributed by atoms with van der Waals surface area (Å²) in [5.41, 5.74) is -0.169. The number of nitrogens with zero attached hydrogens (tertiary/aromatic N) is 1. The lowest BCUT2D eigenvalue weighted by atomic mass is 10.1. The van der Waals surface area contributed by atoms with E-state index in [1.54, 1.807) is 48.5 Å². The van der Waals surface area contributed by atoms with Gasteiger partial charge < -0.3 is 15.4 Å². The van der Waals surface area contributed by atoms with E-state index in [4.69, 9.17) is 0 Å². The lowest BCUT2D eigenvalue weighted by molar-refractivity contribution is -0.142. The molecular weight excluding hydrogens is 418 g/mol. The zero-order valence-corrected chi connectivity index (χ0v) is 17.7. The van der Waals surface area contributed by atoms with E-state index in [1.165, 1.54) is 11.8 Å². The molecule has 0 fully saturated rings. The van der Waals surface area contributed by atoms with Crippen molar-refractivity contribution in [3.8, 4) is 0 Å². The molecule has 0 aliphatic carbocycles. The second kappa shape index (κ2) is 10.1. The van der Waals surface area contributed by atoms with Crippen molar-refractivity contribution in [1.82, 2.24) is 14.9 Å². The molecule has 1 amide bonds. The van der Waals surface area contributed by atoms with E-state index in [0.29, 0.717) is 11.3 Å². The van der Waals surface area contributed by atoms with Gasteiger partial charge in [-0.3, -0.25) is 9.59 Å². The van der Waals surface area contributed by atoms with Gasteiger partial charge in [0.15, 0.2) is 0 Å². The van der Waals surface area contributed by atoms with E-state index in [2.05, 4.69) is 10.3 Å². The maximum Gasteiger partial charge on any atom is 0.329 e. The molecule has 31 heavy (non-hydrogen) atoms. The van der Waals surface area contributed by atoms with Crippen LogP contribution in [-0.2, 0) is 16.0 Å². The summed E-state index contributed by atoms with van der Waals surface area (Å²) in [6.07, 6.45) is 2.13. The number of carboxylic acid groups (broad SMARTS) is 1. The summed E-state index contributed by atoms with van der Waals surface area (Å²) in [6, 6.07) is 13.1. The number of carbonyl (C=O) groups excluding carboxylic acids is 1. The predicted octanol–water partition coefficient (Wildman–Crippen LogP) is 1.80. The molecule has 0 bridgehead atoms. The molecule has 2 unspecified atom stereocenters. The average Bonchev–Trinajstić information content (AvgIpc) is 2.76. The molecule has 0 saturated carbocycles. The summed E-state index contributed by atoms with van der Waals surface area (Å²) in [6.45, 7) is 0. The van der Waals surface area contributed by atoms with E-state index in [0.717, 1.165) is 10.1 Å². The highest BCUT2D eigenvalue weighted by Crippen LogP contribution is 2.14. The van der Waals surface area contributed by atoms with Crippen molar-refractivity contribution in [2.45, 2.75) is 24.9 Å². The van der Waals surface area contributed by atoms with Crippen LogP contribution in [0.3, 0.4) is 0 Å². The van der Waals surface area contributed by atoms with Crippen LogP contribution in [0.25, 0.3) is 10.9 Å². The van der Waals surface area contributed by atoms with Crippen LogP contribution in [0, 0.1) is 0 Å². The van der Waals surface area contributed by atoms with E-state index in [-0.39, 0.29) is 18.2 Å². The Morgan fingerprint density at radius 1 is 1.10 bits per heavy atom. The smallest absolute Gasteiger partial charge is 0.329 e. The number of aliphatic carboxylic acids is 1. The first kappa shape index (κ1) is 22.4. The summed E-state index contributed by atoms with van der Waals surface area (Å²) in [4.78, 5) is 53.2. The molecule has 3 N–H and O–H groups in total. The van der Waals surface area contributed by atoms with E-state index in [1.807, 2.05) is 12.3 Å². The minimum atomic E-state index is -1.19. The van der Waals surface area contributed by atoms with Crippen LogP contribution in [0.2, 0.25) is 0 Å². The molecule has 8 nitrogen and oxygen atoms in total. The Kier molecular flexibility index (Phi) is 7.30. The fraction of sp³-hybridized carbons (Fsp3) is 0.273. The van der Waals surface area contributed by atoms with E-state index < -0.39 is 35.2 Å². The van der Waals surface area contributed by atoms with Crippen molar-refractivity contribution in [3.63, 3.8) is 0 Å². The Bertz CT molecular complexity index is 1190. The molecule has 162 valence electrons. The minimum absolute atomic E-state index is 0.0835. The maximum absolute atomic E-state index is 13.1. The number of H-pyrrole nitrogens is 1. The highest BCUT2D eigenvalue weighted by Gasteiger charge is 2.29. The Morgan fingerprint density at radius 3 is 2.45 bits per heavy atom. The number of thioether (sulfide) groups is 1. The number of aromatic nitrogens is 2. The highest BCUT2D eigenvalue weighted by atomic mass is 32.2. The molecule has 0 radical (unpaired) electrons. The quantitative estimate of drug-likeness (QED) is 0.466. The van der Waals surface area contributed by atoms with Crippen LogP contribution in [0.4, 0.5) is 0 Å². The van der Waals surface area contributed by atoms with Gasteiger partial charge in [0.2, 0.25) is 5.91 Å². The molecule has 9 heteroatoms. The molecule has 3 aromatic rings. The summed E-state index contributed by atoms with van der Waals surface area (Å²) < 4.78 is 0.884.